The number of rotatable bonds is 5. The summed E-state index contributed by atoms with van der Waals surface area (Å²) < 4.78 is 48.8. The van der Waals surface area contributed by atoms with E-state index in [0.29, 0.717) is 23.3 Å². The molecule has 0 bridgehead atoms. The van der Waals surface area contributed by atoms with Gasteiger partial charge in [-0.25, -0.2) is 0 Å². The van der Waals surface area contributed by atoms with E-state index in [0.717, 1.165) is 12.1 Å². The normalized spacial score (nSPS) is 12.0. The summed E-state index contributed by atoms with van der Waals surface area (Å²) in [7, 11) is 1.45. The first-order chi connectivity index (χ1) is 12.7. The molecule has 0 spiro atoms. The van der Waals surface area contributed by atoms with Crippen molar-refractivity contribution in [2.24, 2.45) is 0 Å². The van der Waals surface area contributed by atoms with E-state index in [1.165, 1.54) is 13.2 Å². The van der Waals surface area contributed by atoms with Gasteiger partial charge in [-0.2, -0.15) is 18.4 Å². The van der Waals surface area contributed by atoms with Crippen molar-refractivity contribution in [2.75, 3.05) is 7.11 Å². The molecule has 0 aliphatic rings. The highest BCUT2D eigenvalue weighted by atomic mass is 35.5. The molecule has 1 aromatic carbocycles. The van der Waals surface area contributed by atoms with Gasteiger partial charge in [-0.1, -0.05) is 11.6 Å². The minimum atomic E-state index is -4.49. The van der Waals surface area contributed by atoms with Crippen molar-refractivity contribution in [3.05, 3.63) is 52.3 Å². The number of ether oxygens (including phenoxy) is 2. The zero-order valence-corrected chi connectivity index (χ0v) is 15.5. The third-order valence-corrected chi connectivity index (χ3v) is 3.68. The lowest BCUT2D eigenvalue weighted by Gasteiger charge is -2.15. The number of benzene rings is 1. The van der Waals surface area contributed by atoms with Gasteiger partial charge < -0.3 is 9.47 Å². The van der Waals surface area contributed by atoms with Gasteiger partial charge in [-0.3, -0.25) is 4.98 Å². The molecule has 2 aromatic rings. The summed E-state index contributed by atoms with van der Waals surface area (Å²) in [6.07, 6.45) is -2.46. The molecule has 142 valence electrons. The van der Waals surface area contributed by atoms with E-state index in [9.17, 15) is 18.4 Å². The van der Waals surface area contributed by atoms with E-state index < -0.39 is 11.7 Å². The summed E-state index contributed by atoms with van der Waals surface area (Å²) in [6, 6.07) is 7.14. The van der Waals surface area contributed by atoms with Crippen molar-refractivity contribution in [1.29, 1.82) is 5.26 Å². The number of nitrogens with zero attached hydrogens (tertiary/aromatic N) is 2. The zero-order chi connectivity index (χ0) is 20.2. The molecule has 0 amide bonds. The molecular formula is C19H16ClF3N2O2. The molecule has 8 heteroatoms. The van der Waals surface area contributed by atoms with Crippen LogP contribution in [0.5, 0.6) is 11.5 Å². The Morgan fingerprint density at radius 1 is 1.30 bits per heavy atom. The fourth-order valence-corrected chi connectivity index (χ4v) is 2.49. The third-order valence-electron chi connectivity index (χ3n) is 3.40. The summed E-state index contributed by atoms with van der Waals surface area (Å²) in [5, 5.41) is 9.65. The van der Waals surface area contributed by atoms with Crippen LogP contribution in [0.3, 0.4) is 0 Å². The van der Waals surface area contributed by atoms with Crippen molar-refractivity contribution in [3.63, 3.8) is 0 Å². The van der Waals surface area contributed by atoms with E-state index in [1.807, 2.05) is 19.9 Å². The topological polar surface area (TPSA) is 55.1 Å². The largest absolute Gasteiger partial charge is 0.493 e. The quantitative estimate of drug-likeness (QED) is 0.616. The molecule has 0 radical (unpaired) electrons. The Morgan fingerprint density at radius 3 is 2.48 bits per heavy atom. The molecule has 0 fully saturated rings. The number of hydrogen-bond acceptors (Lipinski definition) is 4. The predicted octanol–water partition coefficient (Wildman–Crippen LogP) is 5.61. The Labute approximate surface area is 159 Å². The second-order valence-corrected chi connectivity index (χ2v) is 6.21. The van der Waals surface area contributed by atoms with Gasteiger partial charge in [0, 0.05) is 6.20 Å². The summed E-state index contributed by atoms with van der Waals surface area (Å²) >= 11 is 6.24. The number of hydrogen-bond donors (Lipinski definition) is 0. The summed E-state index contributed by atoms with van der Waals surface area (Å²) in [5.74, 6) is 0.748. The Hall–Kier alpha value is -2.72. The van der Waals surface area contributed by atoms with Gasteiger partial charge in [-0.15, -0.1) is 0 Å². The Bertz CT molecular complexity index is 886. The molecule has 0 N–H and O–H groups in total. The summed E-state index contributed by atoms with van der Waals surface area (Å²) in [5.41, 5.74) is -0.169. The number of halogens is 4. The number of pyridine rings is 1. The van der Waals surface area contributed by atoms with Crippen LogP contribution in [0, 0.1) is 11.3 Å². The fraction of sp³-hybridized carbons (Fsp3) is 0.263. The van der Waals surface area contributed by atoms with Gasteiger partial charge >= 0.3 is 6.18 Å². The highest BCUT2D eigenvalue weighted by molar-refractivity contribution is 6.32. The lowest BCUT2D eigenvalue weighted by molar-refractivity contribution is -0.137. The van der Waals surface area contributed by atoms with Crippen LogP contribution in [-0.4, -0.2) is 18.2 Å². The van der Waals surface area contributed by atoms with Crippen molar-refractivity contribution in [2.45, 2.75) is 26.1 Å². The average Bonchev–Trinajstić information content (AvgIpc) is 2.60. The minimum Gasteiger partial charge on any atom is -0.493 e. The molecule has 0 saturated carbocycles. The molecule has 1 aromatic heterocycles. The first-order valence-corrected chi connectivity index (χ1v) is 8.23. The molecule has 0 aliphatic heterocycles. The monoisotopic (exact) mass is 396 g/mol. The third kappa shape index (κ3) is 5.14. The number of allylic oxidation sites excluding steroid dienone is 1. The van der Waals surface area contributed by atoms with Crippen LogP contribution in [0.1, 0.15) is 30.7 Å². The lowest BCUT2D eigenvalue weighted by atomic mass is 10.1. The van der Waals surface area contributed by atoms with Crippen molar-refractivity contribution in [3.8, 4) is 17.6 Å². The van der Waals surface area contributed by atoms with Crippen LogP contribution >= 0.6 is 11.6 Å². The first-order valence-electron chi connectivity index (χ1n) is 7.85. The molecule has 4 nitrogen and oxygen atoms in total. The average molecular weight is 397 g/mol. The van der Waals surface area contributed by atoms with Gasteiger partial charge in [0.15, 0.2) is 11.5 Å². The van der Waals surface area contributed by atoms with E-state index in [2.05, 4.69) is 4.98 Å². The van der Waals surface area contributed by atoms with Gasteiger partial charge in [0.2, 0.25) is 0 Å². The molecular weight excluding hydrogens is 381 g/mol. The number of aromatic nitrogens is 1. The SMILES string of the molecule is COc1cc(/C=C(\C#N)c2ccc(C(F)(F)F)cn2)cc(Cl)c1OC(C)C. The molecule has 0 atom stereocenters. The maximum atomic E-state index is 12.6. The summed E-state index contributed by atoms with van der Waals surface area (Å²) in [6.45, 7) is 3.68. The fourth-order valence-electron chi connectivity index (χ4n) is 2.22. The van der Waals surface area contributed by atoms with Crippen LogP contribution < -0.4 is 9.47 Å². The molecule has 0 aliphatic carbocycles. The molecule has 0 unspecified atom stereocenters. The van der Waals surface area contributed by atoms with Crippen LogP contribution in [0.25, 0.3) is 11.6 Å². The number of alkyl halides is 3. The zero-order valence-electron chi connectivity index (χ0n) is 14.8. The Morgan fingerprint density at radius 2 is 2.00 bits per heavy atom. The lowest BCUT2D eigenvalue weighted by Crippen LogP contribution is -2.07. The van der Waals surface area contributed by atoms with Crippen molar-refractivity contribution in [1.82, 2.24) is 4.98 Å². The van der Waals surface area contributed by atoms with Gasteiger partial charge in [0.1, 0.15) is 6.07 Å². The smallest absolute Gasteiger partial charge is 0.417 e. The maximum absolute atomic E-state index is 12.6. The van der Waals surface area contributed by atoms with E-state index in [-0.39, 0.29) is 22.4 Å². The second kappa shape index (κ2) is 8.31. The molecule has 0 saturated heterocycles. The molecule has 1 heterocycles. The standard InChI is InChI=1S/C19H16ClF3N2O2/c1-11(2)27-18-15(20)7-12(8-17(18)26-3)6-13(9-24)16-5-4-14(10-25-16)19(21,22)23/h4-8,10-11H,1-3H3/b13-6+. The van der Waals surface area contributed by atoms with Crippen LogP contribution in [0.2, 0.25) is 5.02 Å². The minimum absolute atomic E-state index is 0.0828. The van der Waals surface area contributed by atoms with Gasteiger partial charge in [0.25, 0.3) is 0 Å². The van der Waals surface area contributed by atoms with Gasteiger partial charge in [0.05, 0.1) is 35.1 Å². The Kier molecular flexibility index (Phi) is 6.34. The first kappa shape index (κ1) is 20.6. The second-order valence-electron chi connectivity index (χ2n) is 5.80. The summed E-state index contributed by atoms with van der Waals surface area (Å²) in [4.78, 5) is 3.73. The van der Waals surface area contributed by atoms with E-state index >= 15 is 0 Å². The molecule has 2 rings (SSSR count). The van der Waals surface area contributed by atoms with Crippen LogP contribution in [0.4, 0.5) is 13.2 Å². The van der Waals surface area contributed by atoms with Crippen LogP contribution in [-0.2, 0) is 6.18 Å². The highest BCUT2D eigenvalue weighted by Gasteiger charge is 2.30. The maximum Gasteiger partial charge on any atom is 0.417 e. The predicted molar refractivity (Wildman–Crippen MR) is 96.5 cm³/mol. The van der Waals surface area contributed by atoms with E-state index in [4.69, 9.17) is 21.1 Å². The van der Waals surface area contributed by atoms with E-state index in [1.54, 1.807) is 12.1 Å². The van der Waals surface area contributed by atoms with Crippen LogP contribution in [0.15, 0.2) is 30.5 Å². The number of methoxy groups -OCH3 is 1. The highest BCUT2D eigenvalue weighted by Crippen LogP contribution is 2.38. The van der Waals surface area contributed by atoms with Gasteiger partial charge in [-0.05, 0) is 49.8 Å². The van der Waals surface area contributed by atoms with Crippen molar-refractivity contribution >= 4 is 23.3 Å². The molecule has 27 heavy (non-hydrogen) atoms. The van der Waals surface area contributed by atoms with Crippen molar-refractivity contribution < 1.29 is 22.6 Å². The Balaban J connectivity index is 2.43. The number of nitriles is 1.